The molecular weight excluding hydrogens is 348 g/mol. The second-order valence-corrected chi connectivity index (χ2v) is 7.13. The van der Waals surface area contributed by atoms with Crippen LogP contribution in [0.1, 0.15) is 44.6 Å². The van der Waals surface area contributed by atoms with Crippen molar-refractivity contribution in [2.45, 2.75) is 45.1 Å². The van der Waals surface area contributed by atoms with Crippen LogP contribution >= 0.6 is 0 Å². The Morgan fingerprint density at radius 3 is 2.46 bits per heavy atom. The van der Waals surface area contributed by atoms with E-state index < -0.39 is 0 Å². The van der Waals surface area contributed by atoms with Gasteiger partial charge in [0, 0.05) is 18.3 Å². The summed E-state index contributed by atoms with van der Waals surface area (Å²) in [7, 11) is 0. The summed E-state index contributed by atoms with van der Waals surface area (Å²) in [4.78, 5) is 14.8. The lowest BCUT2D eigenvalue weighted by atomic mass is 9.96. The number of nitrogens with zero attached hydrogens (tertiary/aromatic N) is 1. The van der Waals surface area contributed by atoms with E-state index in [4.69, 9.17) is 4.74 Å². The summed E-state index contributed by atoms with van der Waals surface area (Å²) in [5, 5.41) is 3.23. The summed E-state index contributed by atoms with van der Waals surface area (Å²) in [6, 6.07) is 18.1. The summed E-state index contributed by atoms with van der Waals surface area (Å²) >= 11 is 0. The zero-order valence-corrected chi connectivity index (χ0v) is 16.6. The molecular formula is C24H30N2O2. The molecule has 0 spiro atoms. The molecule has 3 rings (SSSR count). The van der Waals surface area contributed by atoms with Crippen molar-refractivity contribution in [2.75, 3.05) is 18.1 Å². The van der Waals surface area contributed by atoms with Gasteiger partial charge in [-0.15, -0.1) is 0 Å². The molecule has 0 unspecified atom stereocenters. The largest absolute Gasteiger partial charge is 0.494 e. The highest BCUT2D eigenvalue weighted by Gasteiger charge is 2.20. The fourth-order valence-electron chi connectivity index (χ4n) is 3.55. The van der Waals surface area contributed by atoms with Crippen molar-refractivity contribution in [3.8, 4) is 5.75 Å². The Kier molecular flexibility index (Phi) is 7.53. The molecule has 0 aliphatic heterocycles. The third kappa shape index (κ3) is 5.88. The molecule has 2 aromatic rings. The molecule has 1 aliphatic rings. The van der Waals surface area contributed by atoms with Crippen LogP contribution in [0.15, 0.2) is 60.7 Å². The van der Waals surface area contributed by atoms with Crippen LogP contribution in [0.5, 0.6) is 5.75 Å². The van der Waals surface area contributed by atoms with E-state index in [-0.39, 0.29) is 12.1 Å². The Morgan fingerprint density at radius 2 is 1.79 bits per heavy atom. The van der Waals surface area contributed by atoms with Crippen LogP contribution in [-0.2, 0) is 0 Å². The monoisotopic (exact) mass is 378 g/mol. The molecule has 0 radical (unpaired) electrons. The van der Waals surface area contributed by atoms with Gasteiger partial charge in [-0.3, -0.25) is 4.90 Å². The lowest BCUT2D eigenvalue weighted by Crippen LogP contribution is -2.45. The molecule has 0 bridgehead atoms. The van der Waals surface area contributed by atoms with Crippen molar-refractivity contribution in [1.29, 1.82) is 0 Å². The predicted molar refractivity (Wildman–Crippen MR) is 116 cm³/mol. The molecule has 1 saturated carbocycles. The summed E-state index contributed by atoms with van der Waals surface area (Å²) < 4.78 is 5.53. The number of hydrogen-bond acceptors (Lipinski definition) is 2. The number of hydrogen-bond donors (Lipinski definition) is 1. The van der Waals surface area contributed by atoms with Crippen molar-refractivity contribution in [3.05, 3.63) is 66.2 Å². The highest BCUT2D eigenvalue weighted by Crippen LogP contribution is 2.22. The van der Waals surface area contributed by atoms with Gasteiger partial charge in [0.25, 0.3) is 0 Å². The Balaban J connectivity index is 1.72. The average molecular weight is 379 g/mol. The van der Waals surface area contributed by atoms with E-state index >= 15 is 0 Å². The number of amides is 2. The number of anilines is 1. The molecule has 2 amide bonds. The van der Waals surface area contributed by atoms with Crippen molar-refractivity contribution >= 4 is 17.8 Å². The molecule has 0 aromatic heterocycles. The van der Waals surface area contributed by atoms with Crippen LogP contribution in [-0.4, -0.2) is 25.2 Å². The average Bonchev–Trinajstić information content (AvgIpc) is 2.74. The summed E-state index contributed by atoms with van der Waals surface area (Å²) in [6.45, 7) is 3.11. The predicted octanol–water partition coefficient (Wildman–Crippen LogP) is 5.65. The van der Waals surface area contributed by atoms with Gasteiger partial charge in [-0.25, -0.2) is 4.79 Å². The van der Waals surface area contributed by atoms with Crippen molar-refractivity contribution in [1.82, 2.24) is 5.32 Å². The van der Waals surface area contributed by atoms with E-state index in [1.165, 1.54) is 19.3 Å². The molecule has 1 aliphatic carbocycles. The van der Waals surface area contributed by atoms with Crippen molar-refractivity contribution in [3.63, 3.8) is 0 Å². The third-order valence-electron chi connectivity index (χ3n) is 5.04. The number of benzene rings is 2. The number of carbonyl (C=O) groups excluding carboxylic acids is 1. The molecule has 0 saturated heterocycles. The SMILES string of the molecule is CCOc1ccc(N(C/C=C/c2ccccc2)C(=O)NC2CCCCC2)cc1. The quantitative estimate of drug-likeness (QED) is 0.677. The first-order valence-electron chi connectivity index (χ1n) is 10.3. The highest BCUT2D eigenvalue weighted by molar-refractivity contribution is 5.92. The Labute approximate surface area is 168 Å². The minimum Gasteiger partial charge on any atom is -0.494 e. The Bertz CT molecular complexity index is 750. The fraction of sp³-hybridized carbons (Fsp3) is 0.375. The van der Waals surface area contributed by atoms with Crippen LogP contribution in [0.2, 0.25) is 0 Å². The normalized spacial score (nSPS) is 14.8. The zero-order valence-electron chi connectivity index (χ0n) is 16.6. The van der Waals surface area contributed by atoms with E-state index in [0.29, 0.717) is 13.2 Å². The molecule has 0 atom stereocenters. The maximum Gasteiger partial charge on any atom is 0.322 e. The Morgan fingerprint density at radius 1 is 1.07 bits per heavy atom. The van der Waals surface area contributed by atoms with Crippen molar-refractivity contribution in [2.24, 2.45) is 0 Å². The molecule has 4 heteroatoms. The van der Waals surface area contributed by atoms with E-state index in [1.807, 2.05) is 55.5 Å². The van der Waals surface area contributed by atoms with Crippen LogP contribution in [0.3, 0.4) is 0 Å². The van der Waals surface area contributed by atoms with E-state index in [0.717, 1.165) is 29.8 Å². The van der Waals surface area contributed by atoms with Crippen LogP contribution in [0.25, 0.3) is 6.08 Å². The number of nitrogens with one attached hydrogen (secondary N) is 1. The number of carbonyl (C=O) groups is 1. The summed E-state index contributed by atoms with van der Waals surface area (Å²) in [6.07, 6.45) is 9.89. The second-order valence-electron chi connectivity index (χ2n) is 7.13. The maximum atomic E-state index is 13.0. The lowest BCUT2D eigenvalue weighted by Gasteiger charge is -2.28. The molecule has 148 valence electrons. The van der Waals surface area contributed by atoms with Gasteiger partial charge in [-0.05, 0) is 49.6 Å². The molecule has 1 fully saturated rings. The molecule has 1 N–H and O–H groups in total. The van der Waals surface area contributed by atoms with Gasteiger partial charge in [-0.1, -0.05) is 61.7 Å². The van der Waals surface area contributed by atoms with Crippen molar-refractivity contribution < 1.29 is 9.53 Å². The lowest BCUT2D eigenvalue weighted by molar-refractivity contribution is 0.239. The van der Waals surface area contributed by atoms with Gasteiger partial charge in [0.1, 0.15) is 5.75 Å². The Hall–Kier alpha value is -2.75. The van der Waals surface area contributed by atoms with E-state index in [2.05, 4.69) is 23.5 Å². The van der Waals surface area contributed by atoms with Gasteiger partial charge >= 0.3 is 6.03 Å². The topological polar surface area (TPSA) is 41.6 Å². The zero-order chi connectivity index (χ0) is 19.6. The van der Waals surface area contributed by atoms with Gasteiger partial charge in [0.05, 0.1) is 6.61 Å². The van der Waals surface area contributed by atoms with Crippen LogP contribution in [0, 0.1) is 0 Å². The van der Waals surface area contributed by atoms with E-state index in [9.17, 15) is 4.79 Å². The fourth-order valence-corrected chi connectivity index (χ4v) is 3.55. The standard InChI is InChI=1S/C24H30N2O2/c1-2-28-23-17-15-22(16-18-23)26(19-9-12-20-10-5-3-6-11-20)24(27)25-21-13-7-4-8-14-21/h3,5-6,9-12,15-18,21H,2,4,7-8,13-14,19H2,1H3,(H,25,27)/b12-9+. The first kappa shape index (κ1) is 20.0. The maximum absolute atomic E-state index is 13.0. The first-order chi connectivity index (χ1) is 13.8. The first-order valence-corrected chi connectivity index (χ1v) is 10.3. The molecule has 28 heavy (non-hydrogen) atoms. The van der Waals surface area contributed by atoms with Gasteiger partial charge < -0.3 is 10.1 Å². The van der Waals surface area contributed by atoms with E-state index in [1.54, 1.807) is 4.90 Å². The molecule has 2 aromatic carbocycles. The summed E-state index contributed by atoms with van der Waals surface area (Å²) in [5.41, 5.74) is 2.00. The number of rotatable bonds is 7. The number of urea groups is 1. The smallest absolute Gasteiger partial charge is 0.322 e. The minimum atomic E-state index is -0.0335. The second kappa shape index (κ2) is 10.5. The molecule has 4 nitrogen and oxygen atoms in total. The summed E-state index contributed by atoms with van der Waals surface area (Å²) in [5.74, 6) is 0.818. The van der Waals surface area contributed by atoms with Gasteiger partial charge in [0.15, 0.2) is 0 Å². The van der Waals surface area contributed by atoms with Crippen LogP contribution in [0.4, 0.5) is 10.5 Å². The van der Waals surface area contributed by atoms with Crippen LogP contribution < -0.4 is 15.0 Å². The van der Waals surface area contributed by atoms with Gasteiger partial charge in [-0.2, -0.15) is 0 Å². The van der Waals surface area contributed by atoms with Gasteiger partial charge in [0.2, 0.25) is 0 Å². The molecule has 0 heterocycles. The highest BCUT2D eigenvalue weighted by atomic mass is 16.5. The number of ether oxygens (including phenoxy) is 1. The third-order valence-corrected chi connectivity index (χ3v) is 5.04. The minimum absolute atomic E-state index is 0.0335.